The van der Waals surface area contributed by atoms with Gasteiger partial charge in [-0.05, 0) is 25.2 Å². The predicted molar refractivity (Wildman–Crippen MR) is 52.6 cm³/mol. The monoisotopic (exact) mass is 187 g/mol. The minimum Gasteiger partial charge on any atom is -0.381 e. The average molecular weight is 187 g/mol. The molecular formula is C10H21NO2. The molecule has 0 spiro atoms. The maximum Gasteiger partial charge on any atom is 0.0509 e. The van der Waals surface area contributed by atoms with E-state index in [1.54, 1.807) is 0 Å². The quantitative estimate of drug-likeness (QED) is 0.635. The van der Waals surface area contributed by atoms with Gasteiger partial charge in [-0.15, -0.1) is 0 Å². The minimum atomic E-state index is 0.263. The predicted octanol–water partition coefficient (Wildman–Crippen LogP) is 1.17. The number of ether oxygens (including phenoxy) is 2. The Morgan fingerprint density at radius 2 is 2.38 bits per heavy atom. The zero-order chi connectivity index (χ0) is 9.52. The average Bonchev–Trinajstić information content (AvgIpc) is 2.65. The third-order valence-electron chi connectivity index (χ3n) is 2.51. The molecule has 1 rings (SSSR count). The van der Waals surface area contributed by atoms with Crippen LogP contribution in [-0.4, -0.2) is 32.5 Å². The lowest BCUT2D eigenvalue weighted by Gasteiger charge is -2.17. The molecule has 1 fully saturated rings. The molecule has 78 valence electrons. The summed E-state index contributed by atoms with van der Waals surface area (Å²) in [5.41, 5.74) is 6.00. The molecule has 2 unspecified atom stereocenters. The molecular weight excluding hydrogens is 166 g/mol. The van der Waals surface area contributed by atoms with E-state index in [1.165, 1.54) is 0 Å². The lowest BCUT2D eigenvalue weighted by atomic mass is 9.98. The molecule has 1 aliphatic rings. The van der Waals surface area contributed by atoms with Crippen LogP contribution < -0.4 is 5.73 Å². The largest absolute Gasteiger partial charge is 0.381 e. The van der Waals surface area contributed by atoms with Crippen molar-refractivity contribution in [2.24, 2.45) is 11.7 Å². The van der Waals surface area contributed by atoms with Crippen molar-refractivity contribution in [3.63, 3.8) is 0 Å². The third kappa shape index (κ3) is 4.07. The Labute approximate surface area is 80.6 Å². The smallest absolute Gasteiger partial charge is 0.0509 e. The summed E-state index contributed by atoms with van der Waals surface area (Å²) >= 11 is 0. The molecule has 1 heterocycles. The van der Waals surface area contributed by atoms with E-state index in [2.05, 4.69) is 6.92 Å². The minimum absolute atomic E-state index is 0.263. The molecule has 0 aliphatic carbocycles. The van der Waals surface area contributed by atoms with E-state index in [1.807, 2.05) is 0 Å². The van der Waals surface area contributed by atoms with Crippen molar-refractivity contribution in [1.82, 2.24) is 0 Å². The highest BCUT2D eigenvalue weighted by Crippen LogP contribution is 2.17. The Hall–Kier alpha value is -0.120. The Bertz CT molecular complexity index is 124. The molecule has 0 bridgehead atoms. The number of hydrogen-bond donors (Lipinski definition) is 1. The van der Waals surface area contributed by atoms with Gasteiger partial charge in [0, 0.05) is 25.9 Å². The first-order valence-corrected chi connectivity index (χ1v) is 5.25. The van der Waals surface area contributed by atoms with Crippen LogP contribution in [0.1, 0.15) is 26.2 Å². The van der Waals surface area contributed by atoms with Gasteiger partial charge in [0.25, 0.3) is 0 Å². The summed E-state index contributed by atoms with van der Waals surface area (Å²) in [5, 5.41) is 0. The Morgan fingerprint density at radius 1 is 1.54 bits per heavy atom. The van der Waals surface area contributed by atoms with Gasteiger partial charge < -0.3 is 15.2 Å². The van der Waals surface area contributed by atoms with Crippen molar-refractivity contribution in [3.05, 3.63) is 0 Å². The first-order valence-electron chi connectivity index (χ1n) is 5.25. The molecule has 0 saturated carbocycles. The van der Waals surface area contributed by atoms with Crippen LogP contribution >= 0.6 is 0 Å². The normalized spacial score (nSPS) is 24.9. The van der Waals surface area contributed by atoms with E-state index < -0.39 is 0 Å². The first-order chi connectivity index (χ1) is 6.34. The zero-order valence-electron chi connectivity index (χ0n) is 8.50. The summed E-state index contributed by atoms with van der Waals surface area (Å²) in [7, 11) is 0. The molecule has 0 aromatic carbocycles. The van der Waals surface area contributed by atoms with E-state index in [4.69, 9.17) is 15.2 Å². The summed E-state index contributed by atoms with van der Waals surface area (Å²) in [5.74, 6) is 0.560. The van der Waals surface area contributed by atoms with Gasteiger partial charge in [-0.1, -0.05) is 6.92 Å². The second kappa shape index (κ2) is 6.35. The second-order valence-electron chi connectivity index (χ2n) is 3.69. The van der Waals surface area contributed by atoms with Crippen LogP contribution in [0.15, 0.2) is 0 Å². The Kier molecular flexibility index (Phi) is 5.35. The summed E-state index contributed by atoms with van der Waals surface area (Å²) in [4.78, 5) is 0. The van der Waals surface area contributed by atoms with Crippen LogP contribution in [0.2, 0.25) is 0 Å². The van der Waals surface area contributed by atoms with E-state index >= 15 is 0 Å². The molecule has 3 heteroatoms. The second-order valence-corrected chi connectivity index (χ2v) is 3.69. The van der Waals surface area contributed by atoms with E-state index in [9.17, 15) is 0 Å². The SMILES string of the molecule is CCCOCCC(N)C1CCOC1. The van der Waals surface area contributed by atoms with Crippen molar-refractivity contribution >= 4 is 0 Å². The molecule has 2 atom stereocenters. The molecule has 1 aliphatic heterocycles. The highest BCUT2D eigenvalue weighted by Gasteiger charge is 2.22. The fourth-order valence-electron chi connectivity index (χ4n) is 1.59. The van der Waals surface area contributed by atoms with Gasteiger partial charge in [0.15, 0.2) is 0 Å². The Morgan fingerprint density at radius 3 is 3.00 bits per heavy atom. The maximum atomic E-state index is 6.00. The summed E-state index contributed by atoms with van der Waals surface area (Å²) in [6.45, 7) is 5.49. The van der Waals surface area contributed by atoms with Crippen LogP contribution in [0.25, 0.3) is 0 Å². The van der Waals surface area contributed by atoms with Crippen LogP contribution in [0, 0.1) is 5.92 Å². The van der Waals surface area contributed by atoms with Crippen molar-refractivity contribution < 1.29 is 9.47 Å². The van der Waals surface area contributed by atoms with Gasteiger partial charge in [-0.2, -0.15) is 0 Å². The first kappa shape index (κ1) is 11.0. The third-order valence-corrected chi connectivity index (χ3v) is 2.51. The number of nitrogens with two attached hydrogens (primary N) is 1. The molecule has 2 N–H and O–H groups in total. The molecule has 0 amide bonds. The maximum absolute atomic E-state index is 6.00. The van der Waals surface area contributed by atoms with Gasteiger partial charge in [-0.25, -0.2) is 0 Å². The highest BCUT2D eigenvalue weighted by atomic mass is 16.5. The van der Waals surface area contributed by atoms with Crippen molar-refractivity contribution in [2.75, 3.05) is 26.4 Å². The number of rotatable bonds is 6. The van der Waals surface area contributed by atoms with Crippen molar-refractivity contribution in [2.45, 2.75) is 32.2 Å². The molecule has 13 heavy (non-hydrogen) atoms. The summed E-state index contributed by atoms with van der Waals surface area (Å²) < 4.78 is 10.7. The molecule has 0 aromatic rings. The van der Waals surface area contributed by atoms with Crippen molar-refractivity contribution in [3.8, 4) is 0 Å². The number of hydrogen-bond acceptors (Lipinski definition) is 3. The molecule has 0 aromatic heterocycles. The fourth-order valence-corrected chi connectivity index (χ4v) is 1.59. The molecule has 3 nitrogen and oxygen atoms in total. The summed E-state index contributed by atoms with van der Waals surface area (Å²) in [6, 6.07) is 0.263. The van der Waals surface area contributed by atoms with Crippen molar-refractivity contribution in [1.29, 1.82) is 0 Å². The Balaban J connectivity index is 1.99. The van der Waals surface area contributed by atoms with Gasteiger partial charge >= 0.3 is 0 Å². The zero-order valence-corrected chi connectivity index (χ0v) is 8.50. The van der Waals surface area contributed by atoms with Crippen LogP contribution in [-0.2, 0) is 9.47 Å². The standard InChI is InChI=1S/C10H21NO2/c1-2-5-12-7-4-10(11)9-3-6-13-8-9/h9-10H,2-8,11H2,1H3. The topological polar surface area (TPSA) is 44.5 Å². The van der Waals surface area contributed by atoms with E-state index in [-0.39, 0.29) is 6.04 Å². The summed E-state index contributed by atoms with van der Waals surface area (Å²) in [6.07, 6.45) is 3.17. The van der Waals surface area contributed by atoms with Gasteiger partial charge in [0.2, 0.25) is 0 Å². The van der Waals surface area contributed by atoms with Crippen LogP contribution in [0.4, 0.5) is 0 Å². The molecule has 0 radical (unpaired) electrons. The van der Waals surface area contributed by atoms with Gasteiger partial charge in [0.1, 0.15) is 0 Å². The van der Waals surface area contributed by atoms with Crippen LogP contribution in [0.5, 0.6) is 0 Å². The molecule has 1 saturated heterocycles. The van der Waals surface area contributed by atoms with Crippen LogP contribution in [0.3, 0.4) is 0 Å². The van der Waals surface area contributed by atoms with Gasteiger partial charge in [0.05, 0.1) is 6.61 Å². The van der Waals surface area contributed by atoms with E-state index in [0.717, 1.165) is 45.7 Å². The lowest BCUT2D eigenvalue weighted by molar-refractivity contribution is 0.119. The van der Waals surface area contributed by atoms with E-state index in [0.29, 0.717) is 5.92 Å². The van der Waals surface area contributed by atoms with Gasteiger partial charge in [-0.3, -0.25) is 0 Å². The fraction of sp³-hybridized carbons (Fsp3) is 1.00. The highest BCUT2D eigenvalue weighted by molar-refractivity contribution is 4.75. The lowest BCUT2D eigenvalue weighted by Crippen LogP contribution is -2.31.